The lowest BCUT2D eigenvalue weighted by atomic mass is 9.88. The SMILES string of the molecule is CC[C@H](O)[C@@H](C)[C@@H]1O[C@H]1C[C@@](C)(O)/C=C/C=C(\C)[C@H]1OC(=O)C[C@H](O)CC[C@@](C)(OC)[C@@H](OC(=O)N2CCN(C(=O)CCCCCN3C(=O)C=CC3=O)CC2)/C=C/[C@@H]1C. The van der Waals surface area contributed by atoms with Crippen molar-refractivity contribution in [1.82, 2.24) is 14.7 Å². The summed E-state index contributed by atoms with van der Waals surface area (Å²) in [6.45, 7) is 12.6. The van der Waals surface area contributed by atoms with Gasteiger partial charge in [-0.15, -0.1) is 0 Å². The lowest BCUT2D eigenvalue weighted by Gasteiger charge is -2.38. The third-order valence-corrected chi connectivity index (χ3v) is 12.1. The number of rotatable bonds is 16. The van der Waals surface area contributed by atoms with E-state index in [0.717, 1.165) is 0 Å². The topological polar surface area (TPSA) is 196 Å². The van der Waals surface area contributed by atoms with Crippen molar-refractivity contribution >= 4 is 29.8 Å². The number of esters is 1. The minimum absolute atomic E-state index is 0.0183. The fourth-order valence-electron chi connectivity index (χ4n) is 7.86. The highest BCUT2D eigenvalue weighted by molar-refractivity contribution is 6.12. The molecule has 10 atom stereocenters. The van der Waals surface area contributed by atoms with Crippen molar-refractivity contribution in [3.8, 4) is 0 Å². The van der Waals surface area contributed by atoms with Crippen LogP contribution in [-0.4, -0.2) is 147 Å². The van der Waals surface area contributed by atoms with E-state index in [0.29, 0.717) is 63.7 Å². The zero-order valence-corrected chi connectivity index (χ0v) is 35.9. The summed E-state index contributed by atoms with van der Waals surface area (Å²) in [5.41, 5.74) is -1.54. The first kappa shape index (κ1) is 47.8. The Balaban J connectivity index is 1.36. The van der Waals surface area contributed by atoms with Gasteiger partial charge in [-0.25, -0.2) is 4.79 Å². The molecule has 0 unspecified atom stereocenters. The van der Waals surface area contributed by atoms with E-state index in [1.165, 1.54) is 24.2 Å². The van der Waals surface area contributed by atoms with Crippen LogP contribution in [0.15, 0.2) is 48.1 Å². The molecule has 4 aliphatic rings. The fourth-order valence-corrected chi connectivity index (χ4v) is 7.86. The molecule has 2 saturated heterocycles. The number of carbonyl (C=O) groups is 5. The highest BCUT2D eigenvalue weighted by Gasteiger charge is 2.47. The van der Waals surface area contributed by atoms with Gasteiger partial charge in [-0.2, -0.15) is 0 Å². The summed E-state index contributed by atoms with van der Waals surface area (Å²) in [5.74, 6) is -1.62. The number of hydrogen-bond acceptors (Lipinski definition) is 12. The summed E-state index contributed by atoms with van der Waals surface area (Å²) in [7, 11) is 1.51. The van der Waals surface area contributed by atoms with Gasteiger partial charge in [0, 0.05) is 76.7 Å². The number of aliphatic hydroxyl groups is 3. The summed E-state index contributed by atoms with van der Waals surface area (Å²) < 4.78 is 23.7. The zero-order chi connectivity index (χ0) is 43.5. The molecule has 0 aromatic rings. The standard InChI is InChI=1S/C44H67N3O12/c1-8-33(49)31(4)41-34(57-41)28-43(5,55)20-12-13-29(2)40-30(3)15-16-35(44(6,56-7)21-19-32(48)27-39(53)59-40)58-42(54)46-25-23-45(24-26-46)36(50)14-10-9-11-22-47-37(51)17-18-38(47)52/h12-13,15-18,20,30-35,40-41,48-49,55H,8-11,14,19,21-28H2,1-7H3/b16-15+,20-12+,29-13+/t30-,31+,32+,33-,34-,35-,40+,41-,43-,44+/m0/s1. The van der Waals surface area contributed by atoms with Crippen molar-refractivity contribution in [2.75, 3.05) is 39.8 Å². The Hall–Kier alpha value is -3.89. The summed E-state index contributed by atoms with van der Waals surface area (Å²) in [4.78, 5) is 67.5. The van der Waals surface area contributed by atoms with Crippen LogP contribution in [0, 0.1) is 11.8 Å². The molecular weight excluding hydrogens is 762 g/mol. The van der Waals surface area contributed by atoms with Crippen molar-refractivity contribution < 1.29 is 58.2 Å². The minimum atomic E-state index is -1.18. The molecule has 330 valence electrons. The molecule has 0 bridgehead atoms. The molecule has 59 heavy (non-hydrogen) atoms. The molecule has 4 aliphatic heterocycles. The first-order valence-corrected chi connectivity index (χ1v) is 21.2. The average Bonchev–Trinajstić information content (AvgIpc) is 3.89. The number of hydrogen-bond donors (Lipinski definition) is 3. The van der Waals surface area contributed by atoms with E-state index in [-0.39, 0.29) is 68.2 Å². The molecular formula is C44H67N3O12. The number of imide groups is 1. The van der Waals surface area contributed by atoms with E-state index in [1.54, 1.807) is 48.0 Å². The lowest BCUT2D eigenvalue weighted by molar-refractivity contribution is -0.151. The lowest BCUT2D eigenvalue weighted by Crippen LogP contribution is -2.52. The molecule has 0 spiro atoms. The fraction of sp³-hybridized carbons (Fsp3) is 0.705. The van der Waals surface area contributed by atoms with Crippen LogP contribution >= 0.6 is 0 Å². The Labute approximate surface area is 349 Å². The molecule has 2 fully saturated rings. The van der Waals surface area contributed by atoms with Crippen LogP contribution in [0.1, 0.15) is 99.3 Å². The Morgan fingerprint density at radius 3 is 2.37 bits per heavy atom. The second-order valence-corrected chi connectivity index (χ2v) is 17.0. The van der Waals surface area contributed by atoms with Crippen molar-refractivity contribution in [3.63, 3.8) is 0 Å². The van der Waals surface area contributed by atoms with Gasteiger partial charge in [0.1, 0.15) is 11.7 Å². The maximum atomic E-state index is 13.6. The van der Waals surface area contributed by atoms with Crippen molar-refractivity contribution in [1.29, 1.82) is 0 Å². The number of epoxide rings is 1. The third-order valence-electron chi connectivity index (χ3n) is 12.1. The van der Waals surface area contributed by atoms with Crippen LogP contribution in [0.2, 0.25) is 0 Å². The van der Waals surface area contributed by atoms with Crippen LogP contribution < -0.4 is 0 Å². The quantitative estimate of drug-likeness (QED) is 0.0506. The second-order valence-electron chi connectivity index (χ2n) is 17.0. The van der Waals surface area contributed by atoms with Crippen LogP contribution in [0.3, 0.4) is 0 Å². The van der Waals surface area contributed by atoms with E-state index >= 15 is 0 Å². The molecule has 15 heteroatoms. The molecule has 0 aromatic carbocycles. The largest absolute Gasteiger partial charge is 0.457 e. The number of methoxy groups -OCH3 is 1. The van der Waals surface area contributed by atoms with E-state index in [2.05, 4.69) is 0 Å². The smallest absolute Gasteiger partial charge is 0.410 e. The summed E-state index contributed by atoms with van der Waals surface area (Å²) in [6, 6.07) is 0. The van der Waals surface area contributed by atoms with Gasteiger partial charge >= 0.3 is 12.1 Å². The first-order valence-electron chi connectivity index (χ1n) is 21.2. The van der Waals surface area contributed by atoms with Crippen LogP contribution in [0.4, 0.5) is 4.79 Å². The van der Waals surface area contributed by atoms with Gasteiger partial charge in [0.2, 0.25) is 5.91 Å². The maximum absolute atomic E-state index is 13.6. The maximum Gasteiger partial charge on any atom is 0.410 e. The summed E-state index contributed by atoms with van der Waals surface area (Å²) >= 11 is 0. The molecule has 4 rings (SSSR count). The van der Waals surface area contributed by atoms with Crippen LogP contribution in [0.25, 0.3) is 0 Å². The number of piperazine rings is 1. The van der Waals surface area contributed by atoms with E-state index in [9.17, 15) is 39.3 Å². The molecule has 0 aromatic heterocycles. The highest BCUT2D eigenvalue weighted by atomic mass is 16.6. The highest BCUT2D eigenvalue weighted by Crippen LogP contribution is 2.38. The van der Waals surface area contributed by atoms with Gasteiger partial charge in [0.25, 0.3) is 11.8 Å². The van der Waals surface area contributed by atoms with Gasteiger partial charge in [0.15, 0.2) is 6.10 Å². The van der Waals surface area contributed by atoms with Gasteiger partial charge in [-0.05, 0) is 64.5 Å². The molecule has 15 nitrogen and oxygen atoms in total. The molecule has 0 radical (unpaired) electrons. The number of ether oxygens (including phenoxy) is 4. The van der Waals surface area contributed by atoms with Gasteiger partial charge < -0.3 is 44.1 Å². The molecule has 4 heterocycles. The molecule has 0 saturated carbocycles. The van der Waals surface area contributed by atoms with Gasteiger partial charge in [-0.1, -0.05) is 51.5 Å². The third kappa shape index (κ3) is 13.8. The van der Waals surface area contributed by atoms with Crippen LogP contribution in [0.5, 0.6) is 0 Å². The van der Waals surface area contributed by atoms with Crippen molar-refractivity contribution in [3.05, 3.63) is 48.1 Å². The van der Waals surface area contributed by atoms with E-state index in [1.807, 2.05) is 33.8 Å². The predicted octanol–water partition coefficient (Wildman–Crippen LogP) is 3.99. The minimum Gasteiger partial charge on any atom is -0.457 e. The normalized spacial score (nSPS) is 31.0. The first-order chi connectivity index (χ1) is 27.9. The Morgan fingerprint density at radius 2 is 1.73 bits per heavy atom. The Bertz CT molecular complexity index is 1580. The van der Waals surface area contributed by atoms with Crippen molar-refractivity contribution in [2.24, 2.45) is 11.8 Å². The summed E-state index contributed by atoms with van der Waals surface area (Å²) in [5, 5.41) is 32.1. The number of unbranched alkanes of at least 4 members (excludes halogenated alkanes) is 2. The number of cyclic esters (lactones) is 1. The number of carbonyl (C=O) groups excluding carboxylic acids is 5. The monoisotopic (exact) mass is 829 g/mol. The molecule has 0 aliphatic carbocycles. The van der Waals surface area contributed by atoms with Gasteiger partial charge in [-0.3, -0.25) is 24.1 Å². The average molecular weight is 830 g/mol. The predicted molar refractivity (Wildman–Crippen MR) is 218 cm³/mol. The van der Waals surface area contributed by atoms with E-state index in [4.69, 9.17) is 18.9 Å². The zero-order valence-electron chi connectivity index (χ0n) is 35.9. The summed E-state index contributed by atoms with van der Waals surface area (Å²) in [6.07, 6.45) is 10.8. The van der Waals surface area contributed by atoms with Crippen LogP contribution in [-0.2, 0) is 38.1 Å². The number of nitrogens with zero attached hydrogens (tertiary/aromatic N) is 3. The van der Waals surface area contributed by atoms with Crippen molar-refractivity contribution in [2.45, 2.75) is 147 Å². The number of amides is 4. The number of aliphatic hydroxyl groups excluding tert-OH is 2. The second kappa shape index (κ2) is 21.6. The molecule has 3 N–H and O–H groups in total. The molecule has 4 amide bonds. The van der Waals surface area contributed by atoms with E-state index < -0.39 is 53.6 Å². The Morgan fingerprint density at radius 1 is 1.07 bits per heavy atom. The number of allylic oxidation sites excluding steroid dienone is 2. The van der Waals surface area contributed by atoms with Gasteiger partial charge in [0.05, 0.1) is 36.4 Å². The Kier molecular flexibility index (Phi) is 17.5.